The molecular formula is C12H15N5O4. The van der Waals surface area contributed by atoms with E-state index in [1.165, 1.54) is 10.9 Å². The van der Waals surface area contributed by atoms with Gasteiger partial charge in [-0.05, 0) is 12.1 Å². The van der Waals surface area contributed by atoms with E-state index in [0.717, 1.165) is 5.76 Å². The van der Waals surface area contributed by atoms with Gasteiger partial charge in [-0.25, -0.2) is 9.48 Å². The number of amides is 2. The largest absolute Gasteiger partial charge is 0.480 e. The molecule has 2 aromatic heterocycles. The van der Waals surface area contributed by atoms with Gasteiger partial charge in [-0.2, -0.15) is 0 Å². The maximum absolute atomic E-state index is 11.5. The van der Waals surface area contributed by atoms with Crippen molar-refractivity contribution in [2.45, 2.75) is 19.5 Å². The highest BCUT2D eigenvalue weighted by atomic mass is 16.4. The fourth-order valence-electron chi connectivity index (χ4n) is 1.62. The summed E-state index contributed by atoms with van der Waals surface area (Å²) in [4.78, 5) is 22.0. The van der Waals surface area contributed by atoms with Crippen LogP contribution in [0.1, 0.15) is 11.5 Å². The predicted octanol–water partition coefficient (Wildman–Crippen LogP) is -0.00240. The lowest BCUT2D eigenvalue weighted by molar-refractivity contribution is -0.137. The Morgan fingerprint density at radius 1 is 1.38 bits per heavy atom. The zero-order valence-electron chi connectivity index (χ0n) is 11.2. The van der Waals surface area contributed by atoms with Crippen molar-refractivity contribution in [2.75, 3.05) is 6.54 Å². The van der Waals surface area contributed by atoms with Crippen LogP contribution in [0.2, 0.25) is 0 Å². The van der Waals surface area contributed by atoms with Gasteiger partial charge in [0.05, 0.1) is 19.0 Å². The highest BCUT2D eigenvalue weighted by molar-refractivity contribution is 5.73. The van der Waals surface area contributed by atoms with Gasteiger partial charge in [0, 0.05) is 13.0 Å². The van der Waals surface area contributed by atoms with E-state index in [4.69, 9.17) is 9.52 Å². The average Bonchev–Trinajstić information content (AvgIpc) is 3.07. The summed E-state index contributed by atoms with van der Waals surface area (Å²) in [6, 6.07) is 3.28. The molecule has 0 aliphatic heterocycles. The standard InChI is InChI=1S/C12H15N5O4/c18-11(19)8-17-7-9(15-16-17)6-14-12(20)13-4-3-10-2-1-5-21-10/h1-2,5,7H,3-4,6,8H2,(H,18,19)(H2,13,14,20). The van der Waals surface area contributed by atoms with Crippen molar-refractivity contribution in [3.05, 3.63) is 36.0 Å². The highest BCUT2D eigenvalue weighted by Gasteiger charge is 2.06. The first-order valence-corrected chi connectivity index (χ1v) is 6.28. The summed E-state index contributed by atoms with van der Waals surface area (Å²) in [5.41, 5.74) is 0.484. The zero-order valence-corrected chi connectivity index (χ0v) is 11.2. The Kier molecular flexibility index (Phi) is 4.91. The Morgan fingerprint density at radius 3 is 2.95 bits per heavy atom. The van der Waals surface area contributed by atoms with E-state index in [1.807, 2.05) is 6.07 Å². The minimum absolute atomic E-state index is 0.173. The molecule has 2 rings (SSSR count). The van der Waals surface area contributed by atoms with Crippen molar-refractivity contribution >= 4 is 12.0 Å². The number of furan rings is 1. The summed E-state index contributed by atoms with van der Waals surface area (Å²) in [6.07, 6.45) is 3.66. The average molecular weight is 293 g/mol. The minimum atomic E-state index is -1.00. The molecule has 0 aliphatic carbocycles. The number of rotatable bonds is 7. The number of aliphatic carboxylic acids is 1. The second-order valence-corrected chi connectivity index (χ2v) is 4.24. The molecule has 0 aromatic carbocycles. The number of hydrogen-bond acceptors (Lipinski definition) is 5. The molecule has 0 saturated carbocycles. The van der Waals surface area contributed by atoms with Crippen LogP contribution in [0, 0.1) is 0 Å². The van der Waals surface area contributed by atoms with Gasteiger partial charge in [0.1, 0.15) is 18.0 Å². The topological polar surface area (TPSA) is 122 Å². The molecule has 2 amide bonds. The van der Waals surface area contributed by atoms with Gasteiger partial charge in [-0.3, -0.25) is 4.79 Å². The molecule has 2 heterocycles. The van der Waals surface area contributed by atoms with Crippen LogP contribution in [-0.2, 0) is 24.3 Å². The van der Waals surface area contributed by atoms with Crippen LogP contribution in [0.5, 0.6) is 0 Å². The lowest BCUT2D eigenvalue weighted by atomic mass is 10.3. The molecule has 9 nitrogen and oxygen atoms in total. The SMILES string of the molecule is O=C(O)Cn1cc(CNC(=O)NCCc2ccco2)nn1. The van der Waals surface area contributed by atoms with E-state index < -0.39 is 5.97 Å². The van der Waals surface area contributed by atoms with Crippen molar-refractivity contribution in [2.24, 2.45) is 0 Å². The molecule has 21 heavy (non-hydrogen) atoms. The molecule has 0 fully saturated rings. The van der Waals surface area contributed by atoms with Crippen molar-refractivity contribution in [1.82, 2.24) is 25.6 Å². The van der Waals surface area contributed by atoms with Crippen LogP contribution in [0.25, 0.3) is 0 Å². The zero-order chi connectivity index (χ0) is 15.1. The van der Waals surface area contributed by atoms with Crippen molar-refractivity contribution in [3.8, 4) is 0 Å². The third-order valence-corrected chi connectivity index (χ3v) is 2.55. The number of carbonyl (C=O) groups is 2. The van der Waals surface area contributed by atoms with E-state index in [9.17, 15) is 9.59 Å². The molecule has 2 aromatic rings. The smallest absolute Gasteiger partial charge is 0.325 e. The van der Waals surface area contributed by atoms with Crippen molar-refractivity contribution in [1.29, 1.82) is 0 Å². The lowest BCUT2D eigenvalue weighted by Gasteiger charge is -2.04. The summed E-state index contributed by atoms with van der Waals surface area (Å²) < 4.78 is 6.33. The molecule has 0 unspecified atom stereocenters. The van der Waals surface area contributed by atoms with Gasteiger partial charge < -0.3 is 20.2 Å². The first-order chi connectivity index (χ1) is 10.1. The molecule has 9 heteroatoms. The Balaban J connectivity index is 1.66. The monoisotopic (exact) mass is 293 g/mol. The van der Waals surface area contributed by atoms with Crippen LogP contribution >= 0.6 is 0 Å². The number of carboxylic acids is 1. The van der Waals surface area contributed by atoms with Crippen LogP contribution < -0.4 is 10.6 Å². The van der Waals surface area contributed by atoms with Crippen LogP contribution in [0.4, 0.5) is 4.79 Å². The molecule has 0 saturated heterocycles. The first kappa shape index (κ1) is 14.6. The van der Waals surface area contributed by atoms with Gasteiger partial charge in [0.2, 0.25) is 0 Å². The Hall–Kier alpha value is -2.84. The van der Waals surface area contributed by atoms with Crippen LogP contribution in [-0.4, -0.2) is 38.6 Å². The van der Waals surface area contributed by atoms with Gasteiger partial charge in [0.15, 0.2) is 0 Å². The number of urea groups is 1. The summed E-state index contributed by atoms with van der Waals surface area (Å²) in [6.45, 7) is 0.361. The van der Waals surface area contributed by atoms with Gasteiger partial charge in [-0.15, -0.1) is 5.10 Å². The third kappa shape index (κ3) is 4.97. The molecule has 0 radical (unpaired) electrons. The van der Waals surface area contributed by atoms with E-state index in [1.54, 1.807) is 12.3 Å². The molecule has 0 spiro atoms. The fourth-order valence-corrected chi connectivity index (χ4v) is 1.62. The van der Waals surface area contributed by atoms with Gasteiger partial charge in [0.25, 0.3) is 0 Å². The Morgan fingerprint density at radius 2 is 2.24 bits per heavy atom. The van der Waals surface area contributed by atoms with Crippen molar-refractivity contribution < 1.29 is 19.1 Å². The maximum Gasteiger partial charge on any atom is 0.325 e. The molecular weight excluding hydrogens is 278 g/mol. The summed E-state index contributed by atoms with van der Waals surface area (Å²) in [7, 11) is 0. The lowest BCUT2D eigenvalue weighted by Crippen LogP contribution is -2.36. The number of carboxylic acid groups (broad SMARTS) is 1. The molecule has 0 atom stereocenters. The molecule has 112 valence electrons. The number of hydrogen-bond donors (Lipinski definition) is 3. The van der Waals surface area contributed by atoms with E-state index >= 15 is 0 Å². The molecule has 0 aliphatic rings. The quantitative estimate of drug-likeness (QED) is 0.660. The predicted molar refractivity (Wildman–Crippen MR) is 70.3 cm³/mol. The Labute approximate surface area is 119 Å². The van der Waals surface area contributed by atoms with E-state index in [2.05, 4.69) is 20.9 Å². The van der Waals surface area contributed by atoms with Crippen LogP contribution in [0.3, 0.4) is 0 Å². The summed E-state index contributed by atoms with van der Waals surface area (Å²) in [5.74, 6) is -0.206. The Bertz CT molecular complexity index is 593. The van der Waals surface area contributed by atoms with Gasteiger partial charge >= 0.3 is 12.0 Å². The van der Waals surface area contributed by atoms with Gasteiger partial charge in [-0.1, -0.05) is 5.21 Å². The molecule has 3 N–H and O–H groups in total. The second kappa shape index (κ2) is 7.08. The second-order valence-electron chi connectivity index (χ2n) is 4.24. The normalized spacial score (nSPS) is 10.3. The van der Waals surface area contributed by atoms with E-state index in [-0.39, 0.29) is 19.1 Å². The molecule has 0 bridgehead atoms. The number of nitrogens with zero attached hydrogens (tertiary/aromatic N) is 3. The highest BCUT2D eigenvalue weighted by Crippen LogP contribution is 1.99. The van der Waals surface area contributed by atoms with Crippen LogP contribution in [0.15, 0.2) is 29.0 Å². The minimum Gasteiger partial charge on any atom is -0.480 e. The van der Waals surface area contributed by atoms with Crippen molar-refractivity contribution in [3.63, 3.8) is 0 Å². The number of carbonyl (C=O) groups excluding carboxylic acids is 1. The summed E-state index contributed by atoms with van der Waals surface area (Å²) >= 11 is 0. The number of nitrogens with one attached hydrogen (secondary N) is 2. The van der Waals surface area contributed by atoms with E-state index in [0.29, 0.717) is 18.7 Å². The first-order valence-electron chi connectivity index (χ1n) is 6.28. The third-order valence-electron chi connectivity index (χ3n) is 2.55. The summed E-state index contributed by atoms with van der Waals surface area (Å²) in [5, 5.41) is 21.3. The maximum atomic E-state index is 11.5. The number of aromatic nitrogens is 3. The fraction of sp³-hybridized carbons (Fsp3) is 0.333.